The summed E-state index contributed by atoms with van der Waals surface area (Å²) in [5.74, 6) is -0.364. The summed E-state index contributed by atoms with van der Waals surface area (Å²) >= 11 is 3.50. The van der Waals surface area contributed by atoms with Crippen molar-refractivity contribution in [1.29, 1.82) is 0 Å². The second-order valence-electron chi connectivity index (χ2n) is 5.38. The van der Waals surface area contributed by atoms with Crippen LogP contribution in [0.15, 0.2) is 28.7 Å². The zero-order valence-electron chi connectivity index (χ0n) is 12.1. The van der Waals surface area contributed by atoms with Crippen molar-refractivity contribution in [1.82, 2.24) is 9.88 Å². The number of halogens is 1. The third kappa shape index (κ3) is 2.54. The molecule has 0 fully saturated rings. The smallest absolute Gasteiger partial charge is 0.250 e. The van der Waals surface area contributed by atoms with E-state index in [9.17, 15) is 9.59 Å². The topological polar surface area (TPSA) is 79.2 Å². The number of nitrogens with one attached hydrogen (secondary N) is 1. The molecule has 1 aliphatic heterocycles. The second kappa shape index (κ2) is 5.61. The average molecular weight is 362 g/mol. The first-order chi connectivity index (χ1) is 10.5. The monoisotopic (exact) mass is 361 g/mol. The zero-order valence-corrected chi connectivity index (χ0v) is 13.7. The first-order valence-corrected chi connectivity index (χ1v) is 7.82. The first-order valence-electron chi connectivity index (χ1n) is 7.03. The van der Waals surface area contributed by atoms with E-state index >= 15 is 0 Å². The van der Waals surface area contributed by atoms with E-state index in [1.54, 1.807) is 17.9 Å². The van der Waals surface area contributed by atoms with Gasteiger partial charge in [0.25, 0.3) is 5.91 Å². The molecule has 6 heteroatoms. The zero-order chi connectivity index (χ0) is 15.9. The van der Waals surface area contributed by atoms with Crippen LogP contribution in [0.25, 0.3) is 16.5 Å². The van der Waals surface area contributed by atoms with Crippen LogP contribution in [0.4, 0.5) is 0 Å². The Labute approximate surface area is 136 Å². The Bertz CT molecular complexity index is 807. The third-order valence-electron chi connectivity index (χ3n) is 4.01. The first kappa shape index (κ1) is 14.8. The van der Waals surface area contributed by atoms with Crippen LogP contribution < -0.4 is 5.73 Å². The van der Waals surface area contributed by atoms with Gasteiger partial charge in [0.05, 0.1) is 11.1 Å². The SMILES string of the molecule is CC(=O)N1CC=C(c2cc3c(Br)ccc(C(N)=O)c3[nH]2)CC1. The number of aromatic amines is 1. The van der Waals surface area contributed by atoms with Gasteiger partial charge < -0.3 is 15.6 Å². The molecule has 1 aromatic heterocycles. The Balaban J connectivity index is 2.03. The van der Waals surface area contributed by atoms with Crippen molar-refractivity contribution in [2.45, 2.75) is 13.3 Å². The summed E-state index contributed by atoms with van der Waals surface area (Å²) < 4.78 is 0.914. The fourth-order valence-electron chi connectivity index (χ4n) is 2.76. The van der Waals surface area contributed by atoms with Crippen LogP contribution in [0.5, 0.6) is 0 Å². The predicted octanol–water partition coefficient (Wildman–Crippen LogP) is 2.66. The molecule has 22 heavy (non-hydrogen) atoms. The van der Waals surface area contributed by atoms with Crippen molar-refractivity contribution >= 4 is 44.2 Å². The molecule has 2 heterocycles. The summed E-state index contributed by atoms with van der Waals surface area (Å²) in [6.07, 6.45) is 2.84. The van der Waals surface area contributed by atoms with Crippen LogP contribution in [0.3, 0.4) is 0 Å². The Morgan fingerprint density at radius 3 is 2.73 bits per heavy atom. The molecule has 0 saturated carbocycles. The molecule has 2 amide bonds. The Morgan fingerprint density at radius 2 is 2.14 bits per heavy atom. The lowest BCUT2D eigenvalue weighted by molar-refractivity contribution is -0.128. The fraction of sp³-hybridized carbons (Fsp3) is 0.250. The number of nitrogens with two attached hydrogens (primary N) is 1. The predicted molar refractivity (Wildman–Crippen MR) is 89.4 cm³/mol. The number of nitrogens with zero attached hydrogens (tertiary/aromatic N) is 1. The van der Waals surface area contributed by atoms with Gasteiger partial charge in [-0.2, -0.15) is 0 Å². The summed E-state index contributed by atoms with van der Waals surface area (Å²) in [4.78, 5) is 28.0. The molecular formula is C16H16BrN3O2. The molecule has 0 saturated heterocycles. The Kier molecular flexibility index (Phi) is 3.78. The number of primary amides is 1. The van der Waals surface area contributed by atoms with E-state index in [0.717, 1.165) is 33.1 Å². The number of carbonyl (C=O) groups is 2. The number of carbonyl (C=O) groups excluding carboxylic acids is 2. The number of hydrogen-bond acceptors (Lipinski definition) is 2. The van der Waals surface area contributed by atoms with Gasteiger partial charge >= 0.3 is 0 Å². The Hall–Kier alpha value is -2.08. The van der Waals surface area contributed by atoms with Crippen LogP contribution in [0.2, 0.25) is 0 Å². The van der Waals surface area contributed by atoms with E-state index < -0.39 is 5.91 Å². The summed E-state index contributed by atoms with van der Waals surface area (Å²) in [6.45, 7) is 2.91. The largest absolute Gasteiger partial charge is 0.366 e. The molecule has 0 atom stereocenters. The van der Waals surface area contributed by atoms with Crippen molar-refractivity contribution in [2.24, 2.45) is 5.73 Å². The standard InChI is InChI=1S/C16H16BrN3O2/c1-9(21)20-6-4-10(5-7-20)14-8-12-13(17)3-2-11(16(18)22)15(12)19-14/h2-4,8,19H,5-7H2,1H3,(H2,18,22). The number of fused-ring (bicyclic) bond motifs is 1. The fourth-order valence-corrected chi connectivity index (χ4v) is 3.21. The highest BCUT2D eigenvalue weighted by Crippen LogP contribution is 2.31. The molecule has 0 bridgehead atoms. The third-order valence-corrected chi connectivity index (χ3v) is 4.70. The van der Waals surface area contributed by atoms with Crippen LogP contribution in [0.1, 0.15) is 29.4 Å². The average Bonchev–Trinajstić information content (AvgIpc) is 2.93. The highest BCUT2D eigenvalue weighted by atomic mass is 79.9. The molecule has 5 nitrogen and oxygen atoms in total. The highest BCUT2D eigenvalue weighted by Gasteiger charge is 2.18. The van der Waals surface area contributed by atoms with Gasteiger partial charge in [-0.1, -0.05) is 22.0 Å². The van der Waals surface area contributed by atoms with Crippen molar-refractivity contribution < 1.29 is 9.59 Å². The molecule has 0 spiro atoms. The number of H-pyrrole nitrogens is 1. The molecule has 2 aromatic rings. The summed E-state index contributed by atoms with van der Waals surface area (Å²) in [7, 11) is 0. The quantitative estimate of drug-likeness (QED) is 0.862. The van der Waals surface area contributed by atoms with Gasteiger partial charge in [0, 0.05) is 35.6 Å². The van der Waals surface area contributed by atoms with E-state index in [4.69, 9.17) is 5.73 Å². The van der Waals surface area contributed by atoms with Crippen molar-refractivity contribution in [3.8, 4) is 0 Å². The van der Waals surface area contributed by atoms with Gasteiger partial charge in [0.1, 0.15) is 0 Å². The number of aromatic nitrogens is 1. The minimum absolute atomic E-state index is 0.0886. The molecule has 1 aliphatic rings. The molecule has 3 rings (SSSR count). The molecule has 114 valence electrons. The van der Waals surface area contributed by atoms with Gasteiger partial charge in [-0.05, 0) is 30.2 Å². The van der Waals surface area contributed by atoms with Crippen molar-refractivity contribution in [3.63, 3.8) is 0 Å². The van der Waals surface area contributed by atoms with Crippen LogP contribution >= 0.6 is 15.9 Å². The second-order valence-corrected chi connectivity index (χ2v) is 6.23. The van der Waals surface area contributed by atoms with E-state index in [-0.39, 0.29) is 5.91 Å². The van der Waals surface area contributed by atoms with Gasteiger partial charge in [-0.3, -0.25) is 9.59 Å². The van der Waals surface area contributed by atoms with Crippen molar-refractivity contribution in [3.05, 3.63) is 40.0 Å². The van der Waals surface area contributed by atoms with Crippen LogP contribution in [-0.2, 0) is 4.79 Å². The number of hydrogen-bond donors (Lipinski definition) is 2. The lowest BCUT2D eigenvalue weighted by Gasteiger charge is -2.24. The molecule has 0 aliphatic carbocycles. The summed E-state index contributed by atoms with van der Waals surface area (Å²) in [5.41, 5.74) is 8.77. The van der Waals surface area contributed by atoms with E-state index in [2.05, 4.69) is 20.9 Å². The molecule has 0 radical (unpaired) electrons. The Morgan fingerprint density at radius 1 is 1.36 bits per heavy atom. The minimum Gasteiger partial charge on any atom is -0.366 e. The molecule has 0 unspecified atom stereocenters. The van der Waals surface area contributed by atoms with Gasteiger partial charge in [0.2, 0.25) is 5.91 Å². The van der Waals surface area contributed by atoms with Crippen LogP contribution in [-0.4, -0.2) is 34.8 Å². The van der Waals surface area contributed by atoms with Crippen molar-refractivity contribution in [2.75, 3.05) is 13.1 Å². The maximum absolute atomic E-state index is 11.6. The van der Waals surface area contributed by atoms with Gasteiger partial charge in [-0.15, -0.1) is 0 Å². The lowest BCUT2D eigenvalue weighted by Crippen LogP contribution is -2.32. The van der Waals surface area contributed by atoms with E-state index in [1.165, 1.54) is 0 Å². The molecule has 3 N–H and O–H groups in total. The molecule has 1 aromatic carbocycles. The highest BCUT2D eigenvalue weighted by molar-refractivity contribution is 9.10. The number of benzene rings is 1. The maximum Gasteiger partial charge on any atom is 0.250 e. The maximum atomic E-state index is 11.6. The lowest BCUT2D eigenvalue weighted by atomic mass is 10.0. The summed E-state index contributed by atoms with van der Waals surface area (Å²) in [5, 5.41) is 0.932. The minimum atomic E-state index is -0.453. The van der Waals surface area contributed by atoms with Gasteiger partial charge in [-0.25, -0.2) is 0 Å². The normalized spacial score (nSPS) is 15.0. The van der Waals surface area contributed by atoms with E-state index in [0.29, 0.717) is 18.7 Å². The summed E-state index contributed by atoms with van der Waals surface area (Å²) in [6, 6.07) is 5.55. The molecular weight excluding hydrogens is 346 g/mol. The van der Waals surface area contributed by atoms with Crippen LogP contribution in [0, 0.1) is 0 Å². The number of rotatable bonds is 2. The van der Waals surface area contributed by atoms with Gasteiger partial charge in [0.15, 0.2) is 0 Å². The van der Waals surface area contributed by atoms with E-state index in [1.807, 2.05) is 18.2 Å². The number of amides is 2.